The second kappa shape index (κ2) is 9.83. The van der Waals surface area contributed by atoms with E-state index in [1.807, 2.05) is 0 Å². The number of aryl methyl sites for hydroxylation is 2. The van der Waals surface area contributed by atoms with Crippen LogP contribution in [0.4, 0.5) is 5.69 Å². The Morgan fingerprint density at radius 3 is 2.42 bits per heavy atom. The lowest BCUT2D eigenvalue weighted by Gasteiger charge is -2.27. The van der Waals surface area contributed by atoms with Crippen LogP contribution in [0.3, 0.4) is 0 Å². The van der Waals surface area contributed by atoms with Crippen molar-refractivity contribution in [3.63, 3.8) is 0 Å². The van der Waals surface area contributed by atoms with Crippen LogP contribution in [0, 0.1) is 0 Å². The van der Waals surface area contributed by atoms with Crippen LogP contribution >= 0.6 is 0 Å². The molecular formula is C30H33N. The molecule has 1 heteroatoms. The lowest BCUT2D eigenvalue weighted by Crippen LogP contribution is -2.19. The number of rotatable bonds is 7. The lowest BCUT2D eigenvalue weighted by atomic mass is 9.95. The first-order valence-corrected chi connectivity index (χ1v) is 11.7. The number of hydrogen-bond acceptors (Lipinski definition) is 1. The highest BCUT2D eigenvalue weighted by atomic mass is 15.1. The molecule has 0 unspecified atom stereocenters. The largest absolute Gasteiger partial charge is 0.348 e. The number of anilines is 1. The molecule has 1 heterocycles. The topological polar surface area (TPSA) is 3.24 Å². The number of hydrogen-bond donors (Lipinski definition) is 0. The molecule has 158 valence electrons. The highest BCUT2D eigenvalue weighted by Crippen LogP contribution is 2.34. The van der Waals surface area contributed by atoms with Crippen LogP contribution in [0.1, 0.15) is 55.9 Å². The molecule has 3 aromatic rings. The molecule has 1 aliphatic heterocycles. The van der Waals surface area contributed by atoms with Crippen LogP contribution < -0.4 is 4.90 Å². The first-order chi connectivity index (χ1) is 15.2. The highest BCUT2D eigenvalue weighted by molar-refractivity contribution is 5.94. The Morgan fingerprint density at radius 2 is 1.65 bits per heavy atom. The molecule has 0 bridgehead atoms. The molecule has 0 aliphatic carbocycles. The Balaban J connectivity index is 1.69. The van der Waals surface area contributed by atoms with E-state index < -0.39 is 0 Å². The van der Waals surface area contributed by atoms with Crippen molar-refractivity contribution in [3.05, 3.63) is 101 Å². The van der Waals surface area contributed by atoms with Gasteiger partial charge in [0.25, 0.3) is 0 Å². The van der Waals surface area contributed by atoms with Gasteiger partial charge in [0.15, 0.2) is 0 Å². The van der Waals surface area contributed by atoms with Gasteiger partial charge in [-0.15, -0.1) is 0 Å². The van der Waals surface area contributed by atoms with Crippen molar-refractivity contribution in [3.8, 4) is 0 Å². The molecule has 0 spiro atoms. The van der Waals surface area contributed by atoms with E-state index in [1.165, 1.54) is 57.1 Å². The van der Waals surface area contributed by atoms with Crippen molar-refractivity contribution in [1.29, 1.82) is 0 Å². The summed E-state index contributed by atoms with van der Waals surface area (Å²) in [5, 5.41) is 2.72. The first-order valence-electron chi connectivity index (χ1n) is 11.7. The summed E-state index contributed by atoms with van der Waals surface area (Å²) in [6.07, 6.45) is 15.8. The molecule has 0 atom stereocenters. The van der Waals surface area contributed by atoms with Crippen LogP contribution in [0.25, 0.3) is 22.4 Å². The van der Waals surface area contributed by atoms with E-state index >= 15 is 0 Å². The highest BCUT2D eigenvalue weighted by Gasteiger charge is 2.15. The minimum atomic E-state index is 0.982. The fraction of sp³-hybridized carbons (Fsp3) is 0.267. The summed E-state index contributed by atoms with van der Waals surface area (Å²) in [6, 6.07) is 20.3. The molecule has 0 saturated carbocycles. The summed E-state index contributed by atoms with van der Waals surface area (Å²) < 4.78 is 0. The Labute approximate surface area is 187 Å². The van der Waals surface area contributed by atoms with Gasteiger partial charge in [-0.2, -0.15) is 0 Å². The van der Waals surface area contributed by atoms with Crippen molar-refractivity contribution >= 4 is 28.1 Å². The third-order valence-electron chi connectivity index (χ3n) is 6.11. The molecule has 4 rings (SSSR count). The van der Waals surface area contributed by atoms with Crippen molar-refractivity contribution in [2.45, 2.75) is 46.5 Å². The summed E-state index contributed by atoms with van der Waals surface area (Å²) in [7, 11) is 0. The Morgan fingerprint density at radius 1 is 0.839 bits per heavy atom. The van der Waals surface area contributed by atoms with Crippen molar-refractivity contribution in [1.82, 2.24) is 0 Å². The first kappa shape index (κ1) is 21.2. The standard InChI is InChI=1S/C30H33N/c1-4-10-23-16-19-30-29(22-23)26(20-21-31(30)6-3)13-9-12-25-18-17-24(11-5-2)27-14-7-8-15-28(25)27/h7-9,12-22H,4-6,10-11H2,1-3H3. The van der Waals surface area contributed by atoms with E-state index in [0.29, 0.717) is 0 Å². The normalized spacial score (nSPS) is 14.7. The van der Waals surface area contributed by atoms with Crippen molar-refractivity contribution < 1.29 is 0 Å². The zero-order valence-corrected chi connectivity index (χ0v) is 19.1. The molecule has 0 radical (unpaired) electrons. The quantitative estimate of drug-likeness (QED) is 0.381. The van der Waals surface area contributed by atoms with E-state index in [-0.39, 0.29) is 0 Å². The van der Waals surface area contributed by atoms with E-state index in [2.05, 4.69) is 111 Å². The summed E-state index contributed by atoms with van der Waals surface area (Å²) in [4.78, 5) is 2.33. The number of nitrogens with zero attached hydrogens (tertiary/aromatic N) is 1. The second-order valence-electron chi connectivity index (χ2n) is 8.29. The van der Waals surface area contributed by atoms with Crippen LogP contribution in [-0.2, 0) is 12.8 Å². The molecule has 31 heavy (non-hydrogen) atoms. The molecule has 1 aliphatic rings. The maximum Gasteiger partial charge on any atom is 0.0485 e. The van der Waals surface area contributed by atoms with Crippen LogP contribution in [-0.4, -0.2) is 6.54 Å². The summed E-state index contributed by atoms with van der Waals surface area (Å²) in [5.74, 6) is 0. The van der Waals surface area contributed by atoms with Crippen LogP contribution in [0.15, 0.2) is 79.0 Å². The average molecular weight is 408 g/mol. The summed E-state index contributed by atoms with van der Waals surface area (Å²) >= 11 is 0. The maximum atomic E-state index is 2.37. The Hall–Kier alpha value is -3.06. The van der Waals surface area contributed by atoms with Gasteiger partial charge in [-0.1, -0.05) is 87.4 Å². The summed E-state index contributed by atoms with van der Waals surface area (Å²) in [5.41, 5.74) is 8.06. The van der Waals surface area contributed by atoms with E-state index in [9.17, 15) is 0 Å². The van der Waals surface area contributed by atoms with Gasteiger partial charge in [0.05, 0.1) is 0 Å². The molecule has 0 aromatic heterocycles. The predicted molar refractivity (Wildman–Crippen MR) is 138 cm³/mol. The Bertz CT molecular complexity index is 1150. The van der Waals surface area contributed by atoms with Crippen LogP contribution in [0.2, 0.25) is 0 Å². The smallest absolute Gasteiger partial charge is 0.0485 e. The molecular weight excluding hydrogens is 374 g/mol. The Kier molecular flexibility index (Phi) is 6.72. The molecule has 0 fully saturated rings. The van der Waals surface area contributed by atoms with Crippen molar-refractivity contribution in [2.75, 3.05) is 11.4 Å². The van der Waals surface area contributed by atoms with Gasteiger partial charge in [-0.25, -0.2) is 0 Å². The van der Waals surface area contributed by atoms with Gasteiger partial charge in [0.2, 0.25) is 0 Å². The molecule has 0 amide bonds. The molecule has 1 nitrogen and oxygen atoms in total. The molecule has 0 saturated heterocycles. The third-order valence-corrected chi connectivity index (χ3v) is 6.11. The van der Waals surface area contributed by atoms with Gasteiger partial charge in [-0.3, -0.25) is 0 Å². The molecule has 3 aromatic carbocycles. The summed E-state index contributed by atoms with van der Waals surface area (Å²) in [6.45, 7) is 7.68. The number of allylic oxidation sites excluding steroid dienone is 4. The van der Waals surface area contributed by atoms with Gasteiger partial charge in [-0.05, 0) is 71.0 Å². The monoisotopic (exact) mass is 407 g/mol. The van der Waals surface area contributed by atoms with Gasteiger partial charge in [0, 0.05) is 24.0 Å². The number of fused-ring (bicyclic) bond motifs is 2. The van der Waals surface area contributed by atoms with Gasteiger partial charge >= 0.3 is 0 Å². The van der Waals surface area contributed by atoms with Gasteiger partial charge in [0.1, 0.15) is 0 Å². The fourth-order valence-corrected chi connectivity index (χ4v) is 4.54. The minimum absolute atomic E-state index is 0.982. The molecule has 0 N–H and O–H groups in total. The predicted octanol–water partition coefficient (Wildman–Crippen LogP) is 8.20. The van der Waals surface area contributed by atoms with Gasteiger partial charge < -0.3 is 4.90 Å². The second-order valence-corrected chi connectivity index (χ2v) is 8.29. The lowest BCUT2D eigenvalue weighted by molar-refractivity contribution is 0.918. The SMILES string of the molecule is CCCc1ccc2c(c1)C(=CC=Cc1ccc(CCC)c3ccccc13)C=CN2CC. The average Bonchev–Trinajstić information content (AvgIpc) is 2.81. The van der Waals surface area contributed by atoms with Crippen LogP contribution in [0.5, 0.6) is 0 Å². The van der Waals surface area contributed by atoms with Crippen molar-refractivity contribution in [2.24, 2.45) is 0 Å². The number of benzene rings is 3. The van der Waals surface area contributed by atoms with E-state index in [1.54, 1.807) is 0 Å². The van der Waals surface area contributed by atoms with E-state index in [0.717, 1.165) is 19.4 Å². The third kappa shape index (κ3) is 4.51. The van der Waals surface area contributed by atoms with E-state index in [4.69, 9.17) is 0 Å². The zero-order valence-electron chi connectivity index (χ0n) is 19.1. The minimum Gasteiger partial charge on any atom is -0.348 e. The fourth-order valence-electron chi connectivity index (χ4n) is 4.54. The zero-order chi connectivity index (χ0) is 21.6. The maximum absolute atomic E-state index is 2.37.